The summed E-state index contributed by atoms with van der Waals surface area (Å²) in [7, 11) is 1.61. The van der Waals surface area contributed by atoms with Gasteiger partial charge in [0.2, 0.25) is 0 Å². The van der Waals surface area contributed by atoms with E-state index in [9.17, 15) is 39.6 Å². The van der Waals surface area contributed by atoms with Gasteiger partial charge in [-0.1, -0.05) is 19.9 Å². The Bertz CT molecular complexity index is 2390. The van der Waals surface area contributed by atoms with Crippen molar-refractivity contribution in [2.24, 2.45) is 46.8 Å². The molecule has 0 radical (unpaired) electrons. The van der Waals surface area contributed by atoms with Crippen LogP contribution in [0.25, 0.3) is 33.4 Å². The molecule has 11 unspecified atom stereocenters. The average molecular weight is 912 g/mol. The second-order valence-corrected chi connectivity index (χ2v) is 19.8. The predicted octanol–water partition coefficient (Wildman–Crippen LogP) is 8.30. The molecule has 2 aromatic rings. The van der Waals surface area contributed by atoms with E-state index in [2.05, 4.69) is 29.8 Å². The lowest BCUT2D eigenvalue weighted by atomic mass is 9.46. The first-order valence-corrected chi connectivity index (χ1v) is 23.9. The summed E-state index contributed by atoms with van der Waals surface area (Å²) < 4.78 is 5.85. The first-order valence-electron chi connectivity index (χ1n) is 23.4. The quantitative estimate of drug-likeness (QED) is 0.0258. The fourth-order valence-electron chi connectivity index (χ4n) is 12.6. The number of aromatic hydroxyl groups is 1. The number of hydrogen-bond donors (Lipinski definition) is 8. The minimum Gasteiger partial charge on any atom is -0.508 e. The molecule has 350 valence electrons. The lowest BCUT2D eigenvalue weighted by Crippen LogP contribution is -2.56. The van der Waals surface area contributed by atoms with E-state index in [1.54, 1.807) is 31.3 Å². The van der Waals surface area contributed by atoms with E-state index in [4.69, 9.17) is 21.7 Å². The summed E-state index contributed by atoms with van der Waals surface area (Å²) in [4.78, 5) is 46.2. The molecule has 8 N–H and O–H groups in total. The largest absolute Gasteiger partial charge is 0.508 e. The number of rotatable bonds is 14. The summed E-state index contributed by atoms with van der Waals surface area (Å²) in [5.74, 6) is 2.67. The fourth-order valence-corrected chi connectivity index (χ4v) is 12.8. The molecule has 0 aromatic heterocycles. The molecule has 8 rings (SSSR count). The van der Waals surface area contributed by atoms with E-state index < -0.39 is 18.0 Å². The van der Waals surface area contributed by atoms with Gasteiger partial charge in [-0.15, -0.1) is 0 Å². The number of likely N-dealkylation sites (N-methyl/N-ethyl adjacent to an activating group) is 1. The highest BCUT2D eigenvalue weighted by molar-refractivity contribution is 7.80. The van der Waals surface area contributed by atoms with Crippen LogP contribution in [0.5, 0.6) is 5.75 Å². The number of carboxylic acid groups (broad SMARTS) is 2. The normalized spacial score (nSPS) is 27.8. The molecule has 14 heteroatoms. The molecule has 2 aromatic carbocycles. The molecule has 0 amide bonds. The number of aromatic carboxylic acids is 1. The van der Waals surface area contributed by atoms with Crippen molar-refractivity contribution >= 4 is 52.2 Å². The van der Waals surface area contributed by atoms with Gasteiger partial charge in [0.1, 0.15) is 29.4 Å². The van der Waals surface area contributed by atoms with Crippen LogP contribution in [0.1, 0.15) is 108 Å². The Morgan fingerprint density at radius 1 is 0.938 bits per heavy atom. The Kier molecular flexibility index (Phi) is 15.3. The summed E-state index contributed by atoms with van der Waals surface area (Å²) in [6.45, 7) is 5.35. The van der Waals surface area contributed by atoms with Crippen molar-refractivity contribution in [3.63, 3.8) is 0 Å². The van der Waals surface area contributed by atoms with E-state index in [-0.39, 0.29) is 34.7 Å². The monoisotopic (exact) mass is 911 g/mol. The van der Waals surface area contributed by atoms with Crippen molar-refractivity contribution in [1.82, 2.24) is 10.6 Å². The lowest BCUT2D eigenvalue weighted by molar-refractivity contribution is -0.158. The molecule has 4 saturated carbocycles. The predicted molar refractivity (Wildman–Crippen MR) is 254 cm³/mol. The summed E-state index contributed by atoms with van der Waals surface area (Å²) in [6, 6.07) is 13.1. The van der Waals surface area contributed by atoms with Gasteiger partial charge in [0.25, 0.3) is 0 Å². The number of hydrogen-bond acceptors (Lipinski definition) is 10. The minimum atomic E-state index is -1.16. The maximum absolute atomic E-state index is 12.3. The summed E-state index contributed by atoms with van der Waals surface area (Å²) in [5, 5.41) is 60.1. The van der Waals surface area contributed by atoms with Crippen molar-refractivity contribution in [2.45, 2.75) is 116 Å². The lowest BCUT2D eigenvalue weighted by Gasteiger charge is -2.60. The number of carbonyl (C=O) groups excluding carboxylic acids is 1. The molecular formula is C51H65N3O10S. The van der Waals surface area contributed by atoms with Crippen LogP contribution in [0, 0.1) is 46.8 Å². The number of fused-ring (bicyclic) bond motifs is 7. The molecule has 65 heavy (non-hydrogen) atoms. The van der Waals surface area contributed by atoms with Crippen molar-refractivity contribution < 1.29 is 44.3 Å². The number of carboxylic acids is 2. The van der Waals surface area contributed by atoms with Gasteiger partial charge in [-0.05, 0) is 185 Å². The minimum absolute atomic E-state index is 0.00246. The van der Waals surface area contributed by atoms with E-state index >= 15 is 0 Å². The summed E-state index contributed by atoms with van der Waals surface area (Å²) in [5.41, 5.74) is 2.34. The van der Waals surface area contributed by atoms with Crippen LogP contribution in [0.3, 0.4) is 0 Å². The molecule has 0 spiro atoms. The van der Waals surface area contributed by atoms with Crippen LogP contribution in [0.15, 0.2) is 63.8 Å². The highest BCUT2D eigenvalue weighted by Gasteiger charge is 2.59. The number of aliphatic hydroxyl groups is 2. The van der Waals surface area contributed by atoms with Gasteiger partial charge >= 0.3 is 11.9 Å². The summed E-state index contributed by atoms with van der Waals surface area (Å²) in [6.07, 6.45) is 13.4. The standard InChI is InChI=1S/C28H27N3O7S.C23H38O3/c1-29-22(27(36)37)4-2-3-11-30-28(39)31-15-5-8-18(21(12-15)26(34)35)25-19-9-6-16(32)13-23(19)38-24-14-17(33)7-10-20(24)25;1-14(4-3-11-24)17-5-6-19-18(17)7-8-20-22(19)21(26)13-15-12-16(25)9-10-23(15,20)2/h5-10,12-14,22,29,32H,2-4,11H2,1H3,(H,34,35)(H,36,37)(H2,30,31,39);11,14-22,25-26H,3-10,12-13H2,1-2H3. The molecule has 4 fully saturated rings. The third-order valence-electron chi connectivity index (χ3n) is 15.8. The van der Waals surface area contributed by atoms with Crippen LogP contribution in [-0.2, 0) is 9.59 Å². The number of carbonyl (C=O) groups is 3. The van der Waals surface area contributed by atoms with E-state index in [1.165, 1.54) is 56.0 Å². The van der Waals surface area contributed by atoms with Gasteiger partial charge in [-0.3, -0.25) is 9.59 Å². The van der Waals surface area contributed by atoms with Gasteiger partial charge in [-0.25, -0.2) is 4.79 Å². The molecule has 0 saturated heterocycles. The average Bonchev–Trinajstić information content (AvgIpc) is 3.71. The van der Waals surface area contributed by atoms with E-state index in [0.29, 0.717) is 106 Å². The third-order valence-corrected chi connectivity index (χ3v) is 16.0. The number of aliphatic carboxylic acids is 1. The zero-order chi connectivity index (χ0) is 46.6. The molecule has 6 aliphatic rings. The second kappa shape index (κ2) is 20.7. The Morgan fingerprint density at radius 2 is 1.71 bits per heavy atom. The van der Waals surface area contributed by atoms with Gasteiger partial charge in [0.15, 0.2) is 10.5 Å². The number of aliphatic hydroxyl groups excluding tert-OH is 2. The first kappa shape index (κ1) is 48.1. The zero-order valence-electron chi connectivity index (χ0n) is 37.6. The maximum Gasteiger partial charge on any atom is 0.336 e. The number of benzene rings is 3. The Morgan fingerprint density at radius 3 is 2.45 bits per heavy atom. The molecule has 1 aliphatic heterocycles. The number of nitrogens with one attached hydrogen (secondary N) is 3. The van der Waals surface area contributed by atoms with Gasteiger partial charge in [0.05, 0.1) is 17.8 Å². The topological polar surface area (TPSA) is 219 Å². The molecule has 1 heterocycles. The van der Waals surface area contributed by atoms with Gasteiger partial charge < -0.3 is 50.7 Å². The highest BCUT2D eigenvalue weighted by atomic mass is 32.1. The number of unbranched alkanes of at least 4 members (excludes halogenated alkanes) is 1. The van der Waals surface area contributed by atoms with Crippen LogP contribution in [0.4, 0.5) is 5.69 Å². The number of phenols is 1. The van der Waals surface area contributed by atoms with Crippen LogP contribution in [0.2, 0.25) is 0 Å². The number of thiocarbonyl (C=S) groups is 1. The van der Waals surface area contributed by atoms with Crippen molar-refractivity contribution in [1.29, 1.82) is 0 Å². The Hall–Kier alpha value is -4.89. The van der Waals surface area contributed by atoms with E-state index in [0.717, 1.165) is 50.2 Å². The second-order valence-electron chi connectivity index (χ2n) is 19.4. The number of phenolic OH excluding ortho intramolecular Hbond substituents is 1. The van der Waals surface area contributed by atoms with Crippen molar-refractivity contribution in [3.05, 3.63) is 70.4 Å². The van der Waals surface area contributed by atoms with Crippen molar-refractivity contribution in [3.8, 4) is 28.2 Å². The van der Waals surface area contributed by atoms with Crippen molar-refractivity contribution in [2.75, 3.05) is 18.9 Å². The van der Waals surface area contributed by atoms with Crippen LogP contribution in [-0.4, -0.2) is 80.7 Å². The maximum atomic E-state index is 12.3. The Balaban J connectivity index is 0.000000209. The first-order chi connectivity index (χ1) is 31.1. The van der Waals surface area contributed by atoms with Crippen LogP contribution < -0.4 is 21.4 Å². The smallest absolute Gasteiger partial charge is 0.336 e. The molecule has 13 nitrogen and oxygen atoms in total. The zero-order valence-corrected chi connectivity index (χ0v) is 38.4. The number of anilines is 1. The van der Waals surface area contributed by atoms with Gasteiger partial charge in [0, 0.05) is 47.3 Å². The van der Waals surface area contributed by atoms with E-state index in [1.807, 2.05) is 0 Å². The highest BCUT2D eigenvalue weighted by Crippen LogP contribution is 2.64. The molecule has 5 aliphatic carbocycles. The van der Waals surface area contributed by atoms with Crippen LogP contribution >= 0.6 is 12.2 Å². The SMILES string of the molecule is CC(CCC=O)C1CCC2C1CCC1C2C(O)CC2CC(O)CCC21C.CNC(CCCCNC(=S)Nc1ccc(-c2c3ccc(=O)cc-3oc3cc(O)ccc23)c(C(=O)O)c1)C(=O)O. The third kappa shape index (κ3) is 10.4. The molecule has 11 atom stereocenters. The Labute approximate surface area is 385 Å². The molecule has 0 bridgehead atoms. The number of aldehydes is 1. The molecular weight excluding hydrogens is 847 g/mol. The van der Waals surface area contributed by atoms with Gasteiger partial charge in [-0.2, -0.15) is 0 Å². The fraction of sp³-hybridized carbons (Fsp3) is 0.549. The summed E-state index contributed by atoms with van der Waals surface area (Å²) >= 11 is 5.35.